The summed E-state index contributed by atoms with van der Waals surface area (Å²) in [6, 6.07) is 11.2. The van der Waals surface area contributed by atoms with Crippen LogP contribution in [0.1, 0.15) is 65.6 Å². The van der Waals surface area contributed by atoms with Crippen molar-refractivity contribution in [1.29, 1.82) is 0 Å². The molecule has 0 unspecified atom stereocenters. The van der Waals surface area contributed by atoms with Crippen LogP contribution in [-0.2, 0) is 23.1 Å². The maximum atomic E-state index is 13.5. The molecule has 3 aliphatic rings. The Hall–Kier alpha value is -1.87. The second kappa shape index (κ2) is 9.54. The molecular weight excluding hydrogens is 468 g/mol. The maximum absolute atomic E-state index is 13.5. The monoisotopic (exact) mass is 494 g/mol. The number of benzene rings is 2. The van der Waals surface area contributed by atoms with Crippen LogP contribution in [-0.4, -0.2) is 29.4 Å². The number of piperidine rings is 1. The molecule has 3 fully saturated rings. The number of alkyl halides is 3. The molecule has 1 aliphatic heterocycles. The zero-order valence-corrected chi connectivity index (χ0v) is 21.7. The van der Waals surface area contributed by atoms with Crippen molar-refractivity contribution in [3.63, 3.8) is 0 Å². The Labute approximate surface area is 224 Å². The first-order chi connectivity index (χ1) is 16.1. The first kappa shape index (κ1) is 26.2. The zero-order valence-electron chi connectivity index (χ0n) is 19.7. The minimum absolute atomic E-state index is 0. The van der Waals surface area contributed by atoms with Crippen molar-refractivity contribution < 1.29 is 57.4 Å². The summed E-state index contributed by atoms with van der Waals surface area (Å²) in [5.41, 5.74) is 0.757. The van der Waals surface area contributed by atoms with Gasteiger partial charge in [-0.3, -0.25) is 9.69 Å². The summed E-state index contributed by atoms with van der Waals surface area (Å²) in [4.78, 5) is 26.6. The standard InChI is InChI=1S/C26H27F3N2O3.Na/c27-26(28,29)20-5-1-17(2-6-20)16-31-14-13-24(9-10-24)15-21(31)22(32)30-25(11-12-25)19-7-3-18(4-8-19)23(33)34;/h1-8,21H,9-16H2,(H,30,32)(H,33,34);/q;+1/p-1/t21-;/m0./s1. The van der Waals surface area contributed by atoms with Crippen molar-refractivity contribution in [2.45, 2.75) is 62.8 Å². The predicted molar refractivity (Wildman–Crippen MR) is 116 cm³/mol. The van der Waals surface area contributed by atoms with Gasteiger partial charge in [0, 0.05) is 6.54 Å². The van der Waals surface area contributed by atoms with Gasteiger partial charge in [-0.2, -0.15) is 13.2 Å². The van der Waals surface area contributed by atoms with Gasteiger partial charge < -0.3 is 15.2 Å². The molecule has 5 nitrogen and oxygen atoms in total. The first-order valence-electron chi connectivity index (χ1n) is 11.6. The molecule has 1 spiro atoms. The minimum Gasteiger partial charge on any atom is -0.545 e. The molecule has 2 saturated carbocycles. The van der Waals surface area contributed by atoms with E-state index in [0.717, 1.165) is 68.3 Å². The molecule has 180 valence electrons. The number of nitrogens with one attached hydrogen (secondary N) is 1. The molecular formula is C26H26F3N2NaO3. The Balaban J connectivity index is 0.00000289. The Morgan fingerprint density at radius 1 is 0.971 bits per heavy atom. The van der Waals surface area contributed by atoms with Gasteiger partial charge in [0.15, 0.2) is 0 Å². The quantitative estimate of drug-likeness (QED) is 0.598. The Morgan fingerprint density at radius 2 is 1.60 bits per heavy atom. The number of aromatic carboxylic acids is 1. The fraction of sp³-hybridized carbons (Fsp3) is 0.462. The van der Waals surface area contributed by atoms with Gasteiger partial charge >= 0.3 is 35.7 Å². The molecule has 9 heteroatoms. The van der Waals surface area contributed by atoms with Crippen LogP contribution in [0.25, 0.3) is 0 Å². The largest absolute Gasteiger partial charge is 1.00 e. The molecule has 35 heavy (non-hydrogen) atoms. The molecule has 1 atom stereocenters. The number of likely N-dealkylation sites (tertiary alicyclic amines) is 1. The van der Waals surface area contributed by atoms with E-state index in [9.17, 15) is 27.9 Å². The zero-order chi connectivity index (χ0) is 24.1. The van der Waals surface area contributed by atoms with E-state index >= 15 is 0 Å². The number of hydrogen-bond donors (Lipinski definition) is 1. The Morgan fingerprint density at radius 3 is 2.11 bits per heavy atom. The number of rotatable bonds is 6. The second-order valence-corrected chi connectivity index (χ2v) is 10.1. The van der Waals surface area contributed by atoms with E-state index in [1.54, 1.807) is 12.1 Å². The van der Waals surface area contributed by atoms with Crippen LogP contribution >= 0.6 is 0 Å². The third-order valence-corrected chi connectivity index (χ3v) is 7.71. The predicted octanol–water partition coefficient (Wildman–Crippen LogP) is 0.623. The normalized spacial score (nSPS) is 22.2. The minimum atomic E-state index is -4.37. The van der Waals surface area contributed by atoms with E-state index in [2.05, 4.69) is 10.2 Å². The number of carboxylic acid groups (broad SMARTS) is 1. The SMILES string of the molecule is O=C([O-])c1ccc(C2(NC(=O)[C@@H]3CC4(CCN3Cc3ccc(C(F)(F)F)cc3)CC4)CC2)cc1.[Na+]. The third kappa shape index (κ3) is 5.61. The van der Waals surface area contributed by atoms with E-state index in [1.807, 2.05) is 0 Å². The summed E-state index contributed by atoms with van der Waals surface area (Å²) in [6.07, 6.45) is 1.15. The van der Waals surface area contributed by atoms with Crippen molar-refractivity contribution in [2.24, 2.45) is 5.41 Å². The molecule has 0 radical (unpaired) electrons. The van der Waals surface area contributed by atoms with Crippen LogP contribution in [0.2, 0.25) is 0 Å². The number of nitrogens with zero attached hydrogens (tertiary/aromatic N) is 1. The molecule has 1 N–H and O–H groups in total. The van der Waals surface area contributed by atoms with Crippen LogP contribution in [0, 0.1) is 5.41 Å². The second-order valence-electron chi connectivity index (χ2n) is 10.1. The molecule has 5 rings (SSSR count). The fourth-order valence-electron chi connectivity index (χ4n) is 5.15. The summed E-state index contributed by atoms with van der Waals surface area (Å²) in [5.74, 6) is -1.31. The number of carbonyl (C=O) groups excluding carboxylic acids is 2. The average Bonchev–Trinajstić information content (AvgIpc) is 3.73. The molecule has 0 aromatic heterocycles. The van der Waals surface area contributed by atoms with Crippen molar-refractivity contribution >= 4 is 11.9 Å². The molecule has 1 saturated heterocycles. The van der Waals surface area contributed by atoms with Crippen LogP contribution in [0.15, 0.2) is 48.5 Å². The fourth-order valence-corrected chi connectivity index (χ4v) is 5.15. The van der Waals surface area contributed by atoms with Gasteiger partial charge in [-0.05, 0) is 79.3 Å². The van der Waals surface area contributed by atoms with Gasteiger partial charge in [0.05, 0.1) is 23.1 Å². The van der Waals surface area contributed by atoms with Gasteiger partial charge in [0.1, 0.15) is 0 Å². The van der Waals surface area contributed by atoms with Gasteiger partial charge in [-0.15, -0.1) is 0 Å². The van der Waals surface area contributed by atoms with Gasteiger partial charge in [-0.1, -0.05) is 36.4 Å². The number of carboxylic acids is 1. The molecule has 2 aromatic carbocycles. The molecule has 2 aromatic rings. The van der Waals surface area contributed by atoms with Crippen LogP contribution in [0.5, 0.6) is 0 Å². The molecule has 0 bridgehead atoms. The number of amides is 1. The number of carbonyl (C=O) groups is 2. The van der Waals surface area contributed by atoms with Crippen LogP contribution < -0.4 is 40.0 Å². The van der Waals surface area contributed by atoms with Crippen molar-refractivity contribution in [3.8, 4) is 0 Å². The summed E-state index contributed by atoms with van der Waals surface area (Å²) < 4.78 is 38.7. The van der Waals surface area contributed by atoms with Crippen molar-refractivity contribution in [1.82, 2.24) is 10.2 Å². The van der Waals surface area contributed by atoms with E-state index in [1.165, 1.54) is 24.3 Å². The smallest absolute Gasteiger partial charge is 0.545 e. The van der Waals surface area contributed by atoms with Gasteiger partial charge in [0.25, 0.3) is 0 Å². The van der Waals surface area contributed by atoms with Crippen LogP contribution in [0.4, 0.5) is 13.2 Å². The van der Waals surface area contributed by atoms with Crippen molar-refractivity contribution in [2.75, 3.05) is 6.54 Å². The van der Waals surface area contributed by atoms with Crippen LogP contribution in [0.3, 0.4) is 0 Å². The first-order valence-corrected chi connectivity index (χ1v) is 11.6. The summed E-state index contributed by atoms with van der Waals surface area (Å²) in [6.45, 7) is 1.14. The topological polar surface area (TPSA) is 72.5 Å². The number of hydrogen-bond acceptors (Lipinski definition) is 4. The van der Waals surface area contributed by atoms with Gasteiger partial charge in [0.2, 0.25) is 5.91 Å². The Kier molecular flexibility index (Phi) is 7.14. The maximum Gasteiger partial charge on any atom is 1.00 e. The summed E-state index contributed by atoms with van der Waals surface area (Å²) in [5, 5.41) is 14.3. The summed E-state index contributed by atoms with van der Waals surface area (Å²) >= 11 is 0. The van der Waals surface area contributed by atoms with E-state index < -0.39 is 23.2 Å². The molecule has 1 amide bonds. The van der Waals surface area contributed by atoms with Gasteiger partial charge in [-0.25, -0.2) is 0 Å². The van der Waals surface area contributed by atoms with E-state index in [0.29, 0.717) is 6.54 Å². The third-order valence-electron chi connectivity index (χ3n) is 7.71. The average molecular weight is 494 g/mol. The summed E-state index contributed by atoms with van der Waals surface area (Å²) in [7, 11) is 0. The number of halogens is 3. The Bertz CT molecular complexity index is 1090. The van der Waals surface area contributed by atoms with E-state index in [-0.39, 0.29) is 52.5 Å². The van der Waals surface area contributed by atoms with E-state index in [4.69, 9.17) is 0 Å². The molecule has 1 heterocycles. The van der Waals surface area contributed by atoms with Crippen molar-refractivity contribution in [3.05, 3.63) is 70.8 Å². The molecule has 2 aliphatic carbocycles.